The minimum Gasteiger partial charge on any atom is -0.443 e. The molecule has 0 aromatic carbocycles. The maximum Gasteiger partial charge on any atom is 0.410 e. The summed E-state index contributed by atoms with van der Waals surface area (Å²) in [6.07, 6.45) is 1.35. The van der Waals surface area contributed by atoms with E-state index in [1.165, 1.54) is 5.57 Å². The van der Waals surface area contributed by atoms with E-state index in [1.807, 2.05) is 0 Å². The molecule has 0 aromatic heterocycles. The lowest BCUT2D eigenvalue weighted by molar-refractivity contribution is -0.143. The van der Waals surface area contributed by atoms with Gasteiger partial charge in [-0.1, -0.05) is 11.6 Å². The number of likely N-dealkylation sites (tertiary alicyclic amines) is 2. The molecule has 5 aliphatic rings. The molecule has 1 aliphatic carbocycles. The number of epoxide rings is 2. The fraction of sp³-hybridized carbons (Fsp3) is 0.875. The van der Waals surface area contributed by atoms with Gasteiger partial charge < -0.3 is 23.8 Å². The zero-order valence-corrected chi connectivity index (χ0v) is 20.0. The van der Waals surface area contributed by atoms with Gasteiger partial charge in [-0.3, -0.25) is 4.90 Å². The maximum absolute atomic E-state index is 12.9. The SMILES string of the molecule is COC1C(OC(=O)N2CC3(CN(CC(F)F)C3)C2)CCC2(CO2)C1[C@@]1(C)O[C@@H]1CC=C(C)C. The standard InChI is InChI=1S/C24H36F2N2O5/c1-15(2)5-6-17-22(3,33-17)20-19(30-4)16(7-8-24(20)14-31-24)32-21(29)28-12-23(13-28)10-27(11-23)9-18(25)26/h5,16-20H,6-14H2,1-4H3/t16?,17-,19?,20?,22+,24?/m1/s1. The van der Waals surface area contributed by atoms with Gasteiger partial charge in [-0.15, -0.1) is 0 Å². The monoisotopic (exact) mass is 470 g/mol. The van der Waals surface area contributed by atoms with Crippen molar-refractivity contribution in [3.05, 3.63) is 11.6 Å². The van der Waals surface area contributed by atoms with Gasteiger partial charge >= 0.3 is 6.09 Å². The number of methoxy groups -OCH3 is 1. The van der Waals surface area contributed by atoms with E-state index in [1.54, 1.807) is 16.9 Å². The van der Waals surface area contributed by atoms with Crippen molar-refractivity contribution in [1.29, 1.82) is 0 Å². The second-order valence-corrected chi connectivity index (χ2v) is 11.2. The van der Waals surface area contributed by atoms with Gasteiger partial charge in [-0.25, -0.2) is 13.6 Å². The number of ether oxygens (including phenoxy) is 4. The van der Waals surface area contributed by atoms with E-state index in [0.717, 1.165) is 12.8 Å². The van der Waals surface area contributed by atoms with Crippen LogP contribution in [0.5, 0.6) is 0 Å². The van der Waals surface area contributed by atoms with Gasteiger partial charge in [0.15, 0.2) is 0 Å². The fourth-order valence-electron chi connectivity index (χ4n) is 6.59. The van der Waals surface area contributed by atoms with Crippen LogP contribution in [0.15, 0.2) is 11.6 Å². The molecule has 2 spiro atoms. The lowest BCUT2D eigenvalue weighted by Crippen LogP contribution is -2.73. The maximum atomic E-state index is 12.9. The van der Waals surface area contributed by atoms with Gasteiger partial charge in [0, 0.05) is 38.7 Å². The number of amides is 1. The van der Waals surface area contributed by atoms with E-state index < -0.39 is 6.43 Å². The van der Waals surface area contributed by atoms with Crippen LogP contribution in [-0.2, 0) is 18.9 Å². The molecule has 1 saturated carbocycles. The van der Waals surface area contributed by atoms with Gasteiger partial charge in [0.05, 0.1) is 25.2 Å². The lowest BCUT2D eigenvalue weighted by atomic mass is 9.68. The highest BCUT2D eigenvalue weighted by molar-refractivity contribution is 5.69. The molecule has 7 nitrogen and oxygen atoms in total. The largest absolute Gasteiger partial charge is 0.443 e. The molecule has 0 radical (unpaired) electrons. The summed E-state index contributed by atoms with van der Waals surface area (Å²) < 4.78 is 49.1. The molecule has 186 valence electrons. The molecule has 33 heavy (non-hydrogen) atoms. The molecule has 0 bridgehead atoms. The van der Waals surface area contributed by atoms with Gasteiger partial charge in [0.1, 0.15) is 23.4 Å². The predicted molar refractivity (Wildman–Crippen MR) is 116 cm³/mol. The first-order valence-electron chi connectivity index (χ1n) is 12.0. The van der Waals surface area contributed by atoms with Gasteiger partial charge in [-0.05, 0) is 40.0 Å². The van der Waals surface area contributed by atoms with Crippen molar-refractivity contribution < 1.29 is 32.5 Å². The summed E-state index contributed by atoms with van der Waals surface area (Å²) >= 11 is 0. The van der Waals surface area contributed by atoms with Crippen molar-refractivity contribution in [2.75, 3.05) is 46.4 Å². The van der Waals surface area contributed by atoms with Crippen molar-refractivity contribution in [3.63, 3.8) is 0 Å². The van der Waals surface area contributed by atoms with Crippen LogP contribution >= 0.6 is 0 Å². The summed E-state index contributed by atoms with van der Waals surface area (Å²) in [6.45, 7) is 9.17. The van der Waals surface area contributed by atoms with Crippen LogP contribution < -0.4 is 0 Å². The first-order valence-corrected chi connectivity index (χ1v) is 12.0. The number of nitrogens with zero attached hydrogens (tertiary/aromatic N) is 2. The van der Waals surface area contributed by atoms with E-state index in [2.05, 4.69) is 26.8 Å². The molecular weight excluding hydrogens is 434 g/mol. The highest BCUT2D eigenvalue weighted by atomic mass is 19.3. The molecule has 9 heteroatoms. The number of allylic oxidation sites excluding steroid dienone is 1. The average Bonchev–Trinajstić information content (AvgIpc) is 3.59. The molecular formula is C24H36F2N2O5. The van der Waals surface area contributed by atoms with E-state index in [9.17, 15) is 13.6 Å². The first kappa shape index (κ1) is 23.5. The van der Waals surface area contributed by atoms with Crippen LogP contribution in [0.3, 0.4) is 0 Å². The highest BCUT2D eigenvalue weighted by Crippen LogP contribution is 2.59. The van der Waals surface area contributed by atoms with Gasteiger partial charge in [0.2, 0.25) is 0 Å². The van der Waals surface area contributed by atoms with Crippen LogP contribution in [-0.4, -0.2) is 98.3 Å². The van der Waals surface area contributed by atoms with E-state index in [4.69, 9.17) is 18.9 Å². The Morgan fingerprint density at radius 3 is 2.52 bits per heavy atom. The normalized spacial score (nSPS) is 41.0. The van der Waals surface area contributed by atoms with Crippen LogP contribution in [0.2, 0.25) is 0 Å². The van der Waals surface area contributed by atoms with Crippen molar-refractivity contribution in [2.45, 2.75) is 76.0 Å². The Balaban J connectivity index is 1.19. The predicted octanol–water partition coefficient (Wildman–Crippen LogP) is 3.08. The second kappa shape index (κ2) is 8.14. The number of hydrogen-bond donors (Lipinski definition) is 0. The van der Waals surface area contributed by atoms with Crippen LogP contribution in [0.4, 0.5) is 13.6 Å². The average molecular weight is 471 g/mol. The summed E-state index contributed by atoms with van der Waals surface area (Å²) in [6, 6.07) is 0. The third kappa shape index (κ3) is 4.19. The molecule has 1 amide bonds. The number of carbonyl (C=O) groups is 1. The van der Waals surface area contributed by atoms with Crippen LogP contribution in [0.25, 0.3) is 0 Å². The molecule has 4 saturated heterocycles. The number of rotatable bonds is 7. The van der Waals surface area contributed by atoms with Crippen LogP contribution in [0.1, 0.15) is 40.0 Å². The summed E-state index contributed by atoms with van der Waals surface area (Å²) in [5, 5.41) is 0. The number of hydrogen-bond acceptors (Lipinski definition) is 6. The molecule has 0 aromatic rings. The number of carbonyl (C=O) groups excluding carboxylic acids is 1. The molecule has 0 N–H and O–H groups in total. The van der Waals surface area contributed by atoms with Gasteiger partial charge in [0.25, 0.3) is 6.43 Å². The third-order valence-corrected chi connectivity index (χ3v) is 8.31. The van der Waals surface area contributed by atoms with Crippen molar-refractivity contribution in [3.8, 4) is 0 Å². The summed E-state index contributed by atoms with van der Waals surface area (Å²) in [5.74, 6) is -0.00520. The van der Waals surface area contributed by atoms with Crippen molar-refractivity contribution in [2.24, 2.45) is 11.3 Å². The van der Waals surface area contributed by atoms with Crippen molar-refractivity contribution in [1.82, 2.24) is 9.80 Å². The molecule has 4 aliphatic heterocycles. The Morgan fingerprint density at radius 2 is 1.94 bits per heavy atom. The van der Waals surface area contributed by atoms with E-state index in [-0.39, 0.29) is 53.5 Å². The highest BCUT2D eigenvalue weighted by Gasteiger charge is 2.72. The van der Waals surface area contributed by atoms with E-state index >= 15 is 0 Å². The quantitative estimate of drug-likeness (QED) is 0.421. The molecule has 5 rings (SSSR count). The summed E-state index contributed by atoms with van der Waals surface area (Å²) in [7, 11) is 1.67. The Kier molecular flexibility index (Phi) is 5.78. The summed E-state index contributed by atoms with van der Waals surface area (Å²) in [4.78, 5) is 16.3. The Labute approximate surface area is 194 Å². The smallest absolute Gasteiger partial charge is 0.410 e. The lowest BCUT2D eigenvalue weighted by Gasteiger charge is -2.59. The topological polar surface area (TPSA) is 67.1 Å². The first-order chi connectivity index (χ1) is 15.6. The number of alkyl halides is 2. The fourth-order valence-corrected chi connectivity index (χ4v) is 6.59. The zero-order chi connectivity index (χ0) is 23.6. The molecule has 4 heterocycles. The number of halogens is 2. The molecule has 4 unspecified atom stereocenters. The molecule has 5 fully saturated rings. The van der Waals surface area contributed by atoms with Crippen LogP contribution in [0, 0.1) is 11.3 Å². The third-order valence-electron chi connectivity index (χ3n) is 8.31. The Bertz CT molecular complexity index is 801. The van der Waals surface area contributed by atoms with Crippen molar-refractivity contribution >= 4 is 6.09 Å². The minimum atomic E-state index is -2.31. The Hall–Kier alpha value is -1.29. The van der Waals surface area contributed by atoms with Gasteiger partial charge in [-0.2, -0.15) is 0 Å². The van der Waals surface area contributed by atoms with E-state index in [0.29, 0.717) is 39.2 Å². The minimum absolute atomic E-state index is 0.00520. The zero-order valence-electron chi connectivity index (χ0n) is 20.0. The second-order valence-electron chi connectivity index (χ2n) is 11.2. The Morgan fingerprint density at radius 1 is 1.24 bits per heavy atom. The molecule has 6 atom stereocenters. The summed E-state index contributed by atoms with van der Waals surface area (Å²) in [5.41, 5.74) is 0.608.